The van der Waals surface area contributed by atoms with Crippen molar-refractivity contribution in [2.45, 2.75) is 32.4 Å². The van der Waals surface area contributed by atoms with E-state index >= 15 is 0 Å². The normalized spacial score (nSPS) is 13.3. The van der Waals surface area contributed by atoms with E-state index < -0.39 is 11.7 Å². The molecule has 0 saturated carbocycles. The Labute approximate surface area is 103 Å². The Hall–Kier alpha value is -1.52. The van der Waals surface area contributed by atoms with Crippen molar-refractivity contribution in [1.29, 1.82) is 0 Å². The second-order valence-corrected chi connectivity index (χ2v) is 5.45. The average molecular weight is 256 g/mol. The molecule has 0 bridgehead atoms. The van der Waals surface area contributed by atoms with Gasteiger partial charge in [-0.15, -0.1) is 0 Å². The highest BCUT2D eigenvalue weighted by atomic mass is 19.4. The monoisotopic (exact) mass is 256 g/mol. The molecule has 1 heterocycles. The van der Waals surface area contributed by atoms with Crippen LogP contribution in [0.1, 0.15) is 32.2 Å². The van der Waals surface area contributed by atoms with Gasteiger partial charge in [-0.2, -0.15) is 13.2 Å². The van der Waals surface area contributed by atoms with Crippen molar-refractivity contribution in [1.82, 2.24) is 9.55 Å². The SMILES string of the molecule is Cn1c(C(C)(C)C)nc2cc(C(F)(F)F)ccc21. The van der Waals surface area contributed by atoms with E-state index in [-0.39, 0.29) is 5.41 Å². The van der Waals surface area contributed by atoms with Crippen LogP contribution in [-0.4, -0.2) is 9.55 Å². The largest absolute Gasteiger partial charge is 0.416 e. The summed E-state index contributed by atoms with van der Waals surface area (Å²) in [5.41, 5.74) is 0.241. The van der Waals surface area contributed by atoms with Gasteiger partial charge in [0.15, 0.2) is 0 Å². The number of hydrogen-bond acceptors (Lipinski definition) is 1. The summed E-state index contributed by atoms with van der Waals surface area (Å²) in [6, 6.07) is 3.67. The van der Waals surface area contributed by atoms with Crippen LogP contribution < -0.4 is 0 Å². The lowest BCUT2D eigenvalue weighted by Crippen LogP contribution is -2.17. The molecule has 0 aliphatic carbocycles. The van der Waals surface area contributed by atoms with Crippen molar-refractivity contribution in [3.05, 3.63) is 29.6 Å². The molecule has 2 rings (SSSR count). The third-order valence-electron chi connectivity index (χ3n) is 2.88. The van der Waals surface area contributed by atoms with Crippen molar-refractivity contribution in [2.75, 3.05) is 0 Å². The Morgan fingerprint density at radius 2 is 1.72 bits per heavy atom. The standard InChI is InChI=1S/C13H15F3N2/c1-12(2,3)11-17-9-7-8(13(14,15)16)5-6-10(9)18(11)4/h5-7H,1-4H3. The summed E-state index contributed by atoms with van der Waals surface area (Å²) in [4.78, 5) is 4.32. The number of nitrogens with zero attached hydrogens (tertiary/aromatic N) is 2. The van der Waals surface area contributed by atoms with Crippen molar-refractivity contribution >= 4 is 11.0 Å². The predicted molar refractivity (Wildman–Crippen MR) is 64.4 cm³/mol. The van der Waals surface area contributed by atoms with Crippen molar-refractivity contribution in [3.8, 4) is 0 Å². The van der Waals surface area contributed by atoms with Crippen molar-refractivity contribution < 1.29 is 13.2 Å². The summed E-state index contributed by atoms with van der Waals surface area (Å²) >= 11 is 0. The second-order valence-electron chi connectivity index (χ2n) is 5.45. The summed E-state index contributed by atoms with van der Waals surface area (Å²) in [5.74, 6) is 0.775. The molecule has 0 aliphatic heterocycles. The molecular formula is C13H15F3N2. The van der Waals surface area contributed by atoms with Crippen LogP contribution in [0.4, 0.5) is 13.2 Å². The summed E-state index contributed by atoms with van der Waals surface area (Å²) in [6.07, 6.45) is -4.33. The number of benzene rings is 1. The topological polar surface area (TPSA) is 17.8 Å². The minimum Gasteiger partial charge on any atom is -0.331 e. The van der Waals surface area contributed by atoms with E-state index in [2.05, 4.69) is 4.98 Å². The zero-order chi connectivity index (χ0) is 13.7. The molecule has 0 spiro atoms. The molecule has 2 nitrogen and oxygen atoms in total. The van der Waals surface area contributed by atoms with Crippen LogP contribution >= 0.6 is 0 Å². The number of aryl methyl sites for hydroxylation is 1. The van der Waals surface area contributed by atoms with Gasteiger partial charge < -0.3 is 4.57 Å². The van der Waals surface area contributed by atoms with E-state index in [1.807, 2.05) is 32.4 Å². The highest BCUT2D eigenvalue weighted by molar-refractivity contribution is 5.77. The number of alkyl halides is 3. The lowest BCUT2D eigenvalue weighted by atomic mass is 9.96. The molecule has 5 heteroatoms. The summed E-state index contributed by atoms with van der Waals surface area (Å²) in [7, 11) is 1.82. The zero-order valence-electron chi connectivity index (χ0n) is 10.8. The molecule has 0 amide bonds. The van der Waals surface area contributed by atoms with E-state index in [0.717, 1.165) is 18.0 Å². The minimum absolute atomic E-state index is 0.202. The smallest absolute Gasteiger partial charge is 0.331 e. The molecule has 0 N–H and O–H groups in total. The van der Waals surface area contributed by atoms with Crippen LogP contribution in [0.25, 0.3) is 11.0 Å². The number of hydrogen-bond donors (Lipinski definition) is 0. The Morgan fingerprint density at radius 1 is 1.11 bits per heavy atom. The highest BCUT2D eigenvalue weighted by Gasteiger charge is 2.31. The van der Waals surface area contributed by atoms with Crippen LogP contribution in [0.3, 0.4) is 0 Å². The van der Waals surface area contributed by atoms with Crippen LogP contribution in [0, 0.1) is 0 Å². The molecule has 0 fully saturated rings. The second kappa shape index (κ2) is 3.73. The van der Waals surface area contributed by atoms with E-state index in [4.69, 9.17) is 0 Å². The average Bonchev–Trinajstić information content (AvgIpc) is 2.54. The number of halogens is 3. The molecule has 0 atom stereocenters. The first-order chi connectivity index (χ1) is 8.10. The van der Waals surface area contributed by atoms with Gasteiger partial charge in [-0.1, -0.05) is 20.8 Å². The third kappa shape index (κ3) is 2.09. The first-order valence-electron chi connectivity index (χ1n) is 5.65. The van der Waals surface area contributed by atoms with E-state index in [0.29, 0.717) is 11.0 Å². The molecule has 1 aromatic carbocycles. The molecule has 0 radical (unpaired) electrons. The lowest BCUT2D eigenvalue weighted by molar-refractivity contribution is -0.137. The van der Waals surface area contributed by atoms with Crippen LogP contribution in [0.2, 0.25) is 0 Å². The summed E-state index contributed by atoms with van der Waals surface area (Å²) in [5, 5.41) is 0. The van der Waals surface area contributed by atoms with Crippen LogP contribution in [0.15, 0.2) is 18.2 Å². The van der Waals surface area contributed by atoms with Gasteiger partial charge in [0.05, 0.1) is 16.6 Å². The third-order valence-corrected chi connectivity index (χ3v) is 2.88. The van der Waals surface area contributed by atoms with Crippen molar-refractivity contribution in [3.63, 3.8) is 0 Å². The molecular weight excluding hydrogens is 241 g/mol. The maximum absolute atomic E-state index is 12.6. The molecule has 0 saturated heterocycles. The molecule has 2 aromatic rings. The number of fused-ring (bicyclic) bond motifs is 1. The van der Waals surface area contributed by atoms with Gasteiger partial charge in [0, 0.05) is 12.5 Å². The maximum atomic E-state index is 12.6. The van der Waals surface area contributed by atoms with Crippen LogP contribution in [-0.2, 0) is 18.6 Å². The first kappa shape index (κ1) is 12.9. The van der Waals surface area contributed by atoms with Gasteiger partial charge in [-0.3, -0.25) is 0 Å². The Morgan fingerprint density at radius 3 is 2.22 bits per heavy atom. The number of rotatable bonds is 0. The quantitative estimate of drug-likeness (QED) is 0.699. The molecule has 98 valence electrons. The van der Waals surface area contributed by atoms with E-state index in [1.165, 1.54) is 6.07 Å². The van der Waals surface area contributed by atoms with Gasteiger partial charge in [-0.25, -0.2) is 4.98 Å². The predicted octanol–water partition coefficient (Wildman–Crippen LogP) is 3.89. The van der Waals surface area contributed by atoms with Gasteiger partial charge in [0.25, 0.3) is 0 Å². The summed E-state index contributed by atoms with van der Waals surface area (Å²) in [6.45, 7) is 5.96. The number of imidazole rings is 1. The molecule has 0 unspecified atom stereocenters. The van der Waals surface area contributed by atoms with Gasteiger partial charge in [-0.05, 0) is 18.2 Å². The molecule has 0 aliphatic rings. The first-order valence-corrected chi connectivity index (χ1v) is 5.65. The fourth-order valence-corrected chi connectivity index (χ4v) is 2.05. The van der Waals surface area contributed by atoms with E-state index in [9.17, 15) is 13.2 Å². The Kier molecular flexibility index (Phi) is 2.68. The molecule has 18 heavy (non-hydrogen) atoms. The highest BCUT2D eigenvalue weighted by Crippen LogP contribution is 2.32. The fraction of sp³-hybridized carbons (Fsp3) is 0.462. The molecule has 1 aromatic heterocycles. The summed E-state index contributed by atoms with van der Waals surface area (Å²) < 4.78 is 39.7. The van der Waals surface area contributed by atoms with Crippen molar-refractivity contribution in [2.24, 2.45) is 7.05 Å². The van der Waals surface area contributed by atoms with Gasteiger partial charge >= 0.3 is 6.18 Å². The number of aromatic nitrogens is 2. The zero-order valence-corrected chi connectivity index (χ0v) is 10.8. The van der Waals surface area contributed by atoms with Crippen LogP contribution in [0.5, 0.6) is 0 Å². The minimum atomic E-state index is -4.33. The maximum Gasteiger partial charge on any atom is 0.416 e. The van der Waals surface area contributed by atoms with Gasteiger partial charge in [0.2, 0.25) is 0 Å². The van der Waals surface area contributed by atoms with E-state index in [1.54, 1.807) is 0 Å². The Balaban J connectivity index is 2.67. The fourth-order valence-electron chi connectivity index (χ4n) is 2.05. The Bertz CT molecular complexity index is 589. The van der Waals surface area contributed by atoms with Gasteiger partial charge in [0.1, 0.15) is 5.82 Å². The lowest BCUT2D eigenvalue weighted by Gasteiger charge is -2.17.